The number of hydrogen-bond acceptors (Lipinski definition) is 1. The molecule has 0 aromatic heterocycles. The average Bonchev–Trinajstić information content (AvgIpc) is 1.78. The predicted octanol–water partition coefficient (Wildman–Crippen LogP) is 0.736. The Balaban J connectivity index is 2.71. The van der Waals surface area contributed by atoms with Crippen LogP contribution in [-0.2, 0) is 4.43 Å². The molecule has 1 rings (SSSR count). The molecular formula is C6H14OSi2. The fourth-order valence-corrected chi connectivity index (χ4v) is 7.17. The summed E-state index contributed by atoms with van der Waals surface area (Å²) in [6.45, 7) is 8.91. The van der Waals surface area contributed by atoms with Crippen LogP contribution in [0, 0.1) is 0 Å². The monoisotopic (exact) mass is 158 g/mol. The maximum absolute atomic E-state index is 5.86. The zero-order valence-corrected chi connectivity index (χ0v) is 8.72. The Morgan fingerprint density at radius 3 is 2.11 bits per heavy atom. The van der Waals surface area contributed by atoms with Gasteiger partial charge in [-0.3, -0.25) is 0 Å². The van der Waals surface area contributed by atoms with Crippen LogP contribution in [0.4, 0.5) is 0 Å². The SMILES string of the molecule is CC1(C)C=[SiH][Si](C)(C)O1. The Hall–Kier alpha value is 0.264. The minimum absolute atomic E-state index is 0.102. The van der Waals surface area contributed by atoms with Crippen molar-refractivity contribution in [2.45, 2.75) is 32.5 Å². The van der Waals surface area contributed by atoms with Gasteiger partial charge in [0, 0.05) is 8.65 Å². The van der Waals surface area contributed by atoms with Gasteiger partial charge in [-0.2, -0.15) is 0 Å². The summed E-state index contributed by atoms with van der Waals surface area (Å²) in [5.41, 5.74) is 2.48. The molecule has 1 nitrogen and oxygen atoms in total. The lowest BCUT2D eigenvalue weighted by Gasteiger charge is -2.23. The second-order valence-electron chi connectivity index (χ2n) is 3.64. The minimum Gasteiger partial charge on any atom is -0.410 e. The fraction of sp³-hybridized carbons (Fsp3) is 0.833. The van der Waals surface area contributed by atoms with E-state index >= 15 is 0 Å². The average molecular weight is 158 g/mol. The van der Waals surface area contributed by atoms with Gasteiger partial charge in [-0.15, -0.1) is 0 Å². The summed E-state index contributed by atoms with van der Waals surface area (Å²) in [6, 6.07) is 0. The van der Waals surface area contributed by atoms with E-state index in [1.807, 2.05) is 0 Å². The predicted molar refractivity (Wildman–Crippen MR) is 45.9 cm³/mol. The van der Waals surface area contributed by atoms with Crippen molar-refractivity contribution in [2.75, 3.05) is 0 Å². The molecule has 0 amide bonds. The summed E-state index contributed by atoms with van der Waals surface area (Å²) in [5, 5.41) is 0. The maximum atomic E-state index is 5.86. The van der Waals surface area contributed by atoms with Gasteiger partial charge in [0.25, 0.3) is 0 Å². The second kappa shape index (κ2) is 1.87. The van der Waals surface area contributed by atoms with Crippen molar-refractivity contribution >= 4 is 22.2 Å². The molecule has 0 fully saturated rings. The van der Waals surface area contributed by atoms with Gasteiger partial charge >= 0.3 is 0 Å². The molecule has 0 N–H and O–H groups in total. The molecule has 3 heteroatoms. The van der Waals surface area contributed by atoms with Crippen LogP contribution < -0.4 is 0 Å². The third-order valence-corrected chi connectivity index (χ3v) is 7.50. The third kappa shape index (κ3) is 1.84. The molecule has 0 radical (unpaired) electrons. The molecule has 0 unspecified atom stereocenters. The molecule has 0 aromatic carbocycles. The Kier molecular flexibility index (Phi) is 1.53. The first kappa shape index (κ1) is 7.37. The van der Waals surface area contributed by atoms with Crippen LogP contribution in [0.5, 0.6) is 0 Å². The summed E-state index contributed by atoms with van der Waals surface area (Å²) < 4.78 is 5.86. The molecule has 9 heavy (non-hydrogen) atoms. The molecule has 0 bridgehead atoms. The third-order valence-electron chi connectivity index (χ3n) is 1.41. The van der Waals surface area contributed by atoms with Crippen LogP contribution in [0.25, 0.3) is 0 Å². The summed E-state index contributed by atoms with van der Waals surface area (Å²) in [6.07, 6.45) is 0. The first-order valence-corrected chi connectivity index (χ1v) is 8.70. The van der Waals surface area contributed by atoms with E-state index < -0.39 is 7.83 Å². The van der Waals surface area contributed by atoms with Gasteiger partial charge in [0.15, 0.2) is 7.83 Å². The van der Waals surface area contributed by atoms with Crippen molar-refractivity contribution < 1.29 is 4.43 Å². The lowest BCUT2D eigenvalue weighted by atomic mass is 10.2. The molecule has 52 valence electrons. The number of hydrogen-bond donors (Lipinski definition) is 0. The quantitative estimate of drug-likeness (QED) is 0.472. The van der Waals surface area contributed by atoms with Crippen LogP contribution in [0.15, 0.2) is 0 Å². The molecule has 0 spiro atoms. The minimum atomic E-state index is -1.15. The van der Waals surface area contributed by atoms with E-state index in [1.165, 1.54) is 0 Å². The van der Waals surface area contributed by atoms with Gasteiger partial charge < -0.3 is 4.43 Å². The molecule has 1 aliphatic heterocycles. The highest BCUT2D eigenvalue weighted by atomic mass is 29.2. The van der Waals surface area contributed by atoms with E-state index in [0.717, 1.165) is 0 Å². The highest BCUT2D eigenvalue weighted by Gasteiger charge is 2.32. The summed E-state index contributed by atoms with van der Waals surface area (Å²) in [4.78, 5) is 0. The smallest absolute Gasteiger partial charge is 0.188 e. The van der Waals surface area contributed by atoms with Gasteiger partial charge in [-0.25, -0.2) is 0 Å². The Morgan fingerprint density at radius 2 is 2.00 bits per heavy atom. The molecule has 1 aliphatic rings. The summed E-state index contributed by atoms with van der Waals surface area (Å²) >= 11 is 0. The Morgan fingerprint density at radius 1 is 1.44 bits per heavy atom. The normalized spacial score (nSPS) is 28.9. The van der Waals surface area contributed by atoms with E-state index in [9.17, 15) is 0 Å². The Bertz CT molecular complexity index is 133. The maximum Gasteiger partial charge on any atom is 0.188 e. The molecule has 0 aliphatic carbocycles. The molecule has 0 aromatic rings. The zero-order chi connectivity index (χ0) is 7.12. The van der Waals surface area contributed by atoms with E-state index in [2.05, 4.69) is 32.6 Å². The molecule has 0 atom stereocenters. The molecule has 1 heterocycles. The van der Waals surface area contributed by atoms with Crippen LogP contribution in [0.2, 0.25) is 13.1 Å². The van der Waals surface area contributed by atoms with E-state index in [0.29, 0.717) is 8.65 Å². The zero-order valence-electron chi connectivity index (χ0n) is 6.56. The summed E-state index contributed by atoms with van der Waals surface area (Å²) in [7, 11) is -0.629. The van der Waals surface area contributed by atoms with Gasteiger partial charge in [0.2, 0.25) is 0 Å². The van der Waals surface area contributed by atoms with Crippen molar-refractivity contribution in [3.8, 4) is 0 Å². The van der Waals surface area contributed by atoms with E-state index in [1.54, 1.807) is 0 Å². The Labute approximate surface area is 59.8 Å². The van der Waals surface area contributed by atoms with E-state index in [4.69, 9.17) is 4.43 Å². The second-order valence-corrected chi connectivity index (χ2v) is 12.9. The van der Waals surface area contributed by atoms with Crippen LogP contribution >= 0.6 is 0 Å². The highest BCUT2D eigenvalue weighted by Crippen LogP contribution is 2.17. The first-order chi connectivity index (χ1) is 3.91. The van der Waals surface area contributed by atoms with Crippen LogP contribution in [0.1, 0.15) is 13.8 Å². The van der Waals surface area contributed by atoms with Gasteiger partial charge in [0.1, 0.15) is 0 Å². The molecular weight excluding hydrogens is 144 g/mol. The number of rotatable bonds is 0. The van der Waals surface area contributed by atoms with Crippen molar-refractivity contribution in [3.05, 3.63) is 0 Å². The van der Waals surface area contributed by atoms with Crippen molar-refractivity contribution in [2.24, 2.45) is 0 Å². The highest BCUT2D eigenvalue weighted by molar-refractivity contribution is 7.22. The van der Waals surface area contributed by atoms with Crippen LogP contribution in [0.3, 0.4) is 0 Å². The lowest BCUT2D eigenvalue weighted by Crippen LogP contribution is -2.35. The standard InChI is InChI=1S/C6H14OSi2/c1-6(2)5-8-9(3,4)7-6/h5,8H,1-4H3. The van der Waals surface area contributed by atoms with Crippen molar-refractivity contribution in [1.82, 2.24) is 0 Å². The van der Waals surface area contributed by atoms with E-state index in [-0.39, 0.29) is 5.60 Å². The van der Waals surface area contributed by atoms with Crippen molar-refractivity contribution in [1.29, 1.82) is 0 Å². The van der Waals surface area contributed by atoms with Gasteiger partial charge in [-0.05, 0) is 26.9 Å². The molecule has 0 saturated heterocycles. The molecule has 0 saturated carbocycles. The van der Waals surface area contributed by atoms with Crippen molar-refractivity contribution in [3.63, 3.8) is 0 Å². The fourth-order valence-electron chi connectivity index (χ4n) is 1.15. The van der Waals surface area contributed by atoms with Gasteiger partial charge in [-0.1, -0.05) is 5.67 Å². The van der Waals surface area contributed by atoms with Crippen LogP contribution in [-0.4, -0.2) is 27.8 Å². The lowest BCUT2D eigenvalue weighted by molar-refractivity contribution is 0.192. The summed E-state index contributed by atoms with van der Waals surface area (Å²) in [5.74, 6) is 0. The largest absolute Gasteiger partial charge is 0.410 e. The first-order valence-electron chi connectivity index (χ1n) is 3.32. The van der Waals surface area contributed by atoms with Gasteiger partial charge in [0.05, 0.1) is 5.60 Å². The topological polar surface area (TPSA) is 9.23 Å².